The molecule has 0 aromatic carbocycles. The van der Waals surface area contributed by atoms with Gasteiger partial charge in [-0.2, -0.15) is 0 Å². The molecule has 0 radical (unpaired) electrons. The average molecular weight is 183 g/mol. The van der Waals surface area contributed by atoms with Gasteiger partial charge < -0.3 is 15.2 Å². The number of hydrogen-bond donors (Lipinski definition) is 2. The van der Waals surface area contributed by atoms with Crippen LogP contribution in [0.5, 0.6) is 0 Å². The highest BCUT2D eigenvalue weighted by Gasteiger charge is 2.35. The third kappa shape index (κ3) is 2.44. The third-order valence-corrected chi connectivity index (χ3v) is 2.02. The molecule has 13 heavy (non-hydrogen) atoms. The molecular weight excluding hydrogens is 170 g/mol. The molecule has 4 heteroatoms. The molecule has 1 atom stereocenters. The Morgan fingerprint density at radius 1 is 1.77 bits per heavy atom. The molecule has 2 N–H and O–H groups in total. The number of amides is 1. The van der Waals surface area contributed by atoms with Gasteiger partial charge in [-0.3, -0.25) is 4.79 Å². The first-order valence-electron chi connectivity index (χ1n) is 4.16. The molecule has 1 fully saturated rings. The summed E-state index contributed by atoms with van der Waals surface area (Å²) in [4.78, 5) is 11.1. The van der Waals surface area contributed by atoms with E-state index in [-0.39, 0.29) is 12.5 Å². The molecule has 72 valence electrons. The van der Waals surface area contributed by atoms with Gasteiger partial charge in [0.2, 0.25) is 0 Å². The minimum absolute atomic E-state index is 0.107. The molecule has 0 aliphatic carbocycles. The quantitative estimate of drug-likeness (QED) is 0.555. The van der Waals surface area contributed by atoms with Gasteiger partial charge in [-0.1, -0.05) is 5.92 Å². The molecule has 0 aromatic rings. The summed E-state index contributed by atoms with van der Waals surface area (Å²) in [5.74, 6) is 4.50. The Labute approximate surface area is 77.3 Å². The molecule has 4 nitrogen and oxygen atoms in total. The molecule has 1 amide bonds. The highest BCUT2D eigenvalue weighted by Crippen LogP contribution is 2.17. The largest absolute Gasteiger partial charge is 0.394 e. The van der Waals surface area contributed by atoms with Gasteiger partial charge in [0.25, 0.3) is 5.91 Å². The van der Waals surface area contributed by atoms with E-state index in [1.165, 1.54) is 0 Å². The maximum atomic E-state index is 11.1. The topological polar surface area (TPSA) is 58.6 Å². The van der Waals surface area contributed by atoms with Gasteiger partial charge in [-0.15, -0.1) is 0 Å². The SMILES string of the molecule is CC#CC(=O)NC1(CO)CCOC1. The minimum Gasteiger partial charge on any atom is -0.394 e. The van der Waals surface area contributed by atoms with Gasteiger partial charge in [0.1, 0.15) is 0 Å². The fourth-order valence-corrected chi connectivity index (χ4v) is 1.26. The van der Waals surface area contributed by atoms with Crippen molar-refractivity contribution in [3.63, 3.8) is 0 Å². The second-order valence-electron chi connectivity index (χ2n) is 3.07. The smallest absolute Gasteiger partial charge is 0.296 e. The van der Waals surface area contributed by atoms with Crippen molar-refractivity contribution in [2.75, 3.05) is 19.8 Å². The van der Waals surface area contributed by atoms with Crippen molar-refractivity contribution in [3.8, 4) is 11.8 Å². The first-order valence-corrected chi connectivity index (χ1v) is 4.16. The van der Waals surface area contributed by atoms with Crippen LogP contribution < -0.4 is 5.32 Å². The molecule has 1 rings (SSSR count). The predicted octanol–water partition coefficient (Wildman–Crippen LogP) is -0.723. The third-order valence-electron chi connectivity index (χ3n) is 2.02. The highest BCUT2D eigenvalue weighted by molar-refractivity contribution is 5.93. The zero-order valence-electron chi connectivity index (χ0n) is 7.59. The normalized spacial score (nSPS) is 26.3. The number of hydrogen-bond acceptors (Lipinski definition) is 3. The lowest BCUT2D eigenvalue weighted by atomic mass is 10.0. The molecular formula is C9H13NO3. The first kappa shape index (κ1) is 10.0. The van der Waals surface area contributed by atoms with Crippen LogP contribution in [-0.2, 0) is 9.53 Å². The number of aliphatic hydroxyl groups excluding tert-OH is 1. The number of ether oxygens (including phenoxy) is 1. The maximum Gasteiger partial charge on any atom is 0.296 e. The van der Waals surface area contributed by atoms with Gasteiger partial charge in [-0.25, -0.2) is 0 Å². The Hall–Kier alpha value is -1.05. The molecule has 1 aliphatic rings. The van der Waals surface area contributed by atoms with Crippen LogP contribution in [0.2, 0.25) is 0 Å². The van der Waals surface area contributed by atoms with Crippen LogP contribution in [0.15, 0.2) is 0 Å². The fraction of sp³-hybridized carbons (Fsp3) is 0.667. The van der Waals surface area contributed by atoms with Crippen LogP contribution in [-0.4, -0.2) is 36.4 Å². The lowest BCUT2D eigenvalue weighted by molar-refractivity contribution is -0.118. The Bertz CT molecular complexity index is 245. The number of carbonyl (C=O) groups is 1. The molecule has 1 saturated heterocycles. The Balaban J connectivity index is 2.56. The predicted molar refractivity (Wildman–Crippen MR) is 46.8 cm³/mol. The average Bonchev–Trinajstić information content (AvgIpc) is 2.54. The Kier molecular flexibility index (Phi) is 3.29. The van der Waals surface area contributed by atoms with Crippen LogP contribution in [0.1, 0.15) is 13.3 Å². The fourth-order valence-electron chi connectivity index (χ4n) is 1.26. The van der Waals surface area contributed by atoms with E-state index < -0.39 is 5.54 Å². The second-order valence-corrected chi connectivity index (χ2v) is 3.07. The van der Waals surface area contributed by atoms with Crippen LogP contribution in [0.3, 0.4) is 0 Å². The van der Waals surface area contributed by atoms with Crippen LogP contribution in [0.4, 0.5) is 0 Å². The van der Waals surface area contributed by atoms with Crippen LogP contribution >= 0.6 is 0 Å². The van der Waals surface area contributed by atoms with Gasteiger partial charge in [0, 0.05) is 6.61 Å². The Morgan fingerprint density at radius 3 is 3.00 bits per heavy atom. The summed E-state index contributed by atoms with van der Waals surface area (Å²) in [6.45, 7) is 2.42. The molecule has 1 unspecified atom stereocenters. The Morgan fingerprint density at radius 2 is 2.54 bits per heavy atom. The van der Waals surface area contributed by atoms with Gasteiger partial charge in [0.05, 0.1) is 18.8 Å². The zero-order valence-corrected chi connectivity index (χ0v) is 7.59. The van der Waals surface area contributed by atoms with E-state index in [0.717, 1.165) is 0 Å². The molecule has 0 saturated carbocycles. The van der Waals surface area contributed by atoms with Crippen molar-refractivity contribution >= 4 is 5.91 Å². The van der Waals surface area contributed by atoms with Crippen LogP contribution in [0, 0.1) is 11.8 Å². The minimum atomic E-state index is -0.610. The van der Waals surface area contributed by atoms with Gasteiger partial charge in [0.15, 0.2) is 0 Å². The van der Waals surface area contributed by atoms with Crippen molar-refractivity contribution in [1.82, 2.24) is 5.32 Å². The van der Waals surface area contributed by atoms with E-state index in [2.05, 4.69) is 17.2 Å². The summed E-state index contributed by atoms with van der Waals surface area (Å²) in [5.41, 5.74) is -0.610. The summed E-state index contributed by atoms with van der Waals surface area (Å²) in [5, 5.41) is 11.7. The number of nitrogens with one attached hydrogen (secondary N) is 1. The van der Waals surface area contributed by atoms with E-state index in [0.29, 0.717) is 19.6 Å². The lowest BCUT2D eigenvalue weighted by Gasteiger charge is -2.24. The van der Waals surface area contributed by atoms with E-state index in [1.54, 1.807) is 6.92 Å². The molecule has 1 heterocycles. The number of aliphatic hydroxyl groups is 1. The van der Waals surface area contributed by atoms with Crippen LogP contribution in [0.25, 0.3) is 0 Å². The first-order chi connectivity index (χ1) is 6.22. The molecule has 0 aromatic heterocycles. The summed E-state index contributed by atoms with van der Waals surface area (Å²) in [7, 11) is 0. The summed E-state index contributed by atoms with van der Waals surface area (Å²) >= 11 is 0. The molecule has 0 spiro atoms. The monoisotopic (exact) mass is 183 g/mol. The summed E-state index contributed by atoms with van der Waals surface area (Å²) in [6.07, 6.45) is 0.640. The summed E-state index contributed by atoms with van der Waals surface area (Å²) in [6, 6.07) is 0. The lowest BCUT2D eigenvalue weighted by Crippen LogP contribution is -2.51. The number of carbonyl (C=O) groups excluding carboxylic acids is 1. The van der Waals surface area contributed by atoms with E-state index in [1.807, 2.05) is 0 Å². The van der Waals surface area contributed by atoms with E-state index in [9.17, 15) is 4.79 Å². The molecule has 1 aliphatic heterocycles. The van der Waals surface area contributed by atoms with Crippen molar-refractivity contribution in [2.24, 2.45) is 0 Å². The maximum absolute atomic E-state index is 11.1. The highest BCUT2D eigenvalue weighted by atomic mass is 16.5. The summed E-state index contributed by atoms with van der Waals surface area (Å²) < 4.78 is 5.11. The van der Waals surface area contributed by atoms with Crippen molar-refractivity contribution < 1.29 is 14.6 Å². The van der Waals surface area contributed by atoms with Gasteiger partial charge in [-0.05, 0) is 19.3 Å². The van der Waals surface area contributed by atoms with Gasteiger partial charge >= 0.3 is 0 Å². The van der Waals surface area contributed by atoms with E-state index in [4.69, 9.17) is 9.84 Å². The van der Waals surface area contributed by atoms with Crippen molar-refractivity contribution in [1.29, 1.82) is 0 Å². The zero-order chi connectivity index (χ0) is 9.73. The molecule has 0 bridgehead atoms. The van der Waals surface area contributed by atoms with Crippen molar-refractivity contribution in [3.05, 3.63) is 0 Å². The number of rotatable bonds is 2. The van der Waals surface area contributed by atoms with E-state index >= 15 is 0 Å². The standard InChI is InChI=1S/C9H13NO3/c1-2-3-8(12)10-9(6-11)4-5-13-7-9/h11H,4-7H2,1H3,(H,10,12). The second kappa shape index (κ2) is 4.26. The van der Waals surface area contributed by atoms with Crippen molar-refractivity contribution in [2.45, 2.75) is 18.9 Å².